The first-order chi connectivity index (χ1) is 11.3. The van der Waals surface area contributed by atoms with E-state index in [4.69, 9.17) is 0 Å². The van der Waals surface area contributed by atoms with Crippen molar-refractivity contribution in [2.75, 3.05) is 0 Å². The van der Waals surface area contributed by atoms with E-state index in [1.165, 1.54) is 6.42 Å². The van der Waals surface area contributed by atoms with Gasteiger partial charge in [0, 0.05) is 25.5 Å². The van der Waals surface area contributed by atoms with Gasteiger partial charge in [-0.25, -0.2) is 0 Å². The molecular formula is C19H24N4O. The Hall–Kier alpha value is -2.04. The highest BCUT2D eigenvalue weighted by atomic mass is 16.1. The van der Waals surface area contributed by atoms with Crippen LogP contribution in [-0.2, 0) is 7.05 Å². The first-order valence-electron chi connectivity index (χ1n) is 8.79. The molecule has 3 aliphatic rings. The Morgan fingerprint density at radius 3 is 2.54 bits per heavy atom. The molecule has 3 aliphatic carbocycles. The number of fused-ring (bicyclic) bond motifs is 1. The molecular weight excluding hydrogens is 300 g/mol. The predicted octanol–water partition coefficient (Wildman–Crippen LogP) is 2.77. The third-order valence-electron chi connectivity index (χ3n) is 8.04. The number of aryl methyl sites for hydroxylation is 1. The van der Waals surface area contributed by atoms with E-state index in [1.807, 2.05) is 36.1 Å². The van der Waals surface area contributed by atoms with Gasteiger partial charge >= 0.3 is 0 Å². The van der Waals surface area contributed by atoms with E-state index < -0.39 is 0 Å². The van der Waals surface area contributed by atoms with Crippen molar-refractivity contribution in [1.29, 1.82) is 0 Å². The minimum absolute atomic E-state index is 0.00321. The van der Waals surface area contributed by atoms with Crippen molar-refractivity contribution in [2.24, 2.45) is 29.2 Å². The second-order valence-corrected chi connectivity index (χ2v) is 8.62. The Bertz CT molecular complexity index is 853. The standard InChI is InChI=1S/C19H24N4O/c1-17-11-18(2)14(9-13(17)19(17,18)3)21-15(24)12-10-20-22(4)16(12)23-7-5-6-8-23/h5-8,10,13-14H,9,11H2,1-4H3,(H,21,24)/t13-,14?,17?,18-,19?/m0/s1. The summed E-state index contributed by atoms with van der Waals surface area (Å²) in [6.45, 7) is 7.20. The first kappa shape index (κ1) is 14.3. The zero-order valence-electron chi connectivity index (χ0n) is 14.7. The van der Waals surface area contributed by atoms with Gasteiger partial charge in [-0.15, -0.1) is 0 Å². The van der Waals surface area contributed by atoms with Gasteiger partial charge in [-0.05, 0) is 47.1 Å². The van der Waals surface area contributed by atoms with Crippen LogP contribution >= 0.6 is 0 Å². The summed E-state index contributed by atoms with van der Waals surface area (Å²) in [5.41, 5.74) is 1.85. The number of amides is 1. The topological polar surface area (TPSA) is 51.9 Å². The molecule has 5 nitrogen and oxygen atoms in total. The Morgan fingerprint density at radius 1 is 1.25 bits per heavy atom. The van der Waals surface area contributed by atoms with E-state index in [-0.39, 0.29) is 17.4 Å². The lowest BCUT2D eigenvalue weighted by molar-refractivity contribution is -0.0333. The molecule has 1 amide bonds. The molecule has 3 fully saturated rings. The molecule has 0 bridgehead atoms. The summed E-state index contributed by atoms with van der Waals surface area (Å²) in [6.07, 6.45) is 7.92. The van der Waals surface area contributed by atoms with E-state index in [2.05, 4.69) is 31.2 Å². The normalized spacial score (nSPS) is 41.7. The van der Waals surface area contributed by atoms with Gasteiger partial charge in [0.15, 0.2) is 0 Å². The SMILES string of the molecule is Cn1ncc(C(=O)NC2C[C@H]3C4(C)C[C@]2(C)C34C)c1-n1cccc1. The molecule has 2 aromatic rings. The highest BCUT2D eigenvalue weighted by Gasteiger charge is 2.90. The van der Waals surface area contributed by atoms with Gasteiger partial charge in [-0.3, -0.25) is 9.48 Å². The first-order valence-corrected chi connectivity index (χ1v) is 8.79. The Morgan fingerprint density at radius 2 is 1.96 bits per heavy atom. The van der Waals surface area contributed by atoms with Gasteiger partial charge in [0.1, 0.15) is 11.4 Å². The highest BCUT2D eigenvalue weighted by molar-refractivity contribution is 5.97. The zero-order valence-corrected chi connectivity index (χ0v) is 14.7. The summed E-state index contributed by atoms with van der Waals surface area (Å²) in [5, 5.41) is 7.63. The van der Waals surface area contributed by atoms with Crippen LogP contribution in [0, 0.1) is 22.2 Å². The molecule has 126 valence electrons. The van der Waals surface area contributed by atoms with E-state index in [1.54, 1.807) is 10.9 Å². The van der Waals surface area contributed by atoms with Crippen molar-refractivity contribution < 1.29 is 4.79 Å². The smallest absolute Gasteiger partial charge is 0.256 e. The van der Waals surface area contributed by atoms with Crippen LogP contribution in [0.5, 0.6) is 0 Å². The van der Waals surface area contributed by atoms with Crippen LogP contribution in [-0.4, -0.2) is 26.3 Å². The molecule has 0 spiro atoms. The second-order valence-electron chi connectivity index (χ2n) is 8.62. The van der Waals surface area contributed by atoms with Crippen LogP contribution in [0.25, 0.3) is 5.82 Å². The molecule has 5 heteroatoms. The maximum absolute atomic E-state index is 13.0. The molecule has 5 rings (SSSR count). The minimum atomic E-state index is -0.00321. The van der Waals surface area contributed by atoms with Crippen molar-refractivity contribution >= 4 is 5.91 Å². The summed E-state index contributed by atoms with van der Waals surface area (Å²) in [5.74, 6) is 1.59. The molecule has 2 heterocycles. The van der Waals surface area contributed by atoms with Crippen molar-refractivity contribution in [2.45, 2.75) is 39.7 Å². The third kappa shape index (κ3) is 1.31. The van der Waals surface area contributed by atoms with Gasteiger partial charge in [0.25, 0.3) is 5.91 Å². The molecule has 3 saturated carbocycles. The van der Waals surface area contributed by atoms with Crippen LogP contribution in [0.15, 0.2) is 30.7 Å². The second kappa shape index (κ2) is 3.95. The van der Waals surface area contributed by atoms with E-state index in [0.29, 0.717) is 16.4 Å². The lowest BCUT2D eigenvalue weighted by atomic mass is 9.53. The number of nitrogens with zero attached hydrogens (tertiary/aromatic N) is 3. The fraction of sp³-hybridized carbons (Fsp3) is 0.579. The molecule has 2 aromatic heterocycles. The van der Waals surface area contributed by atoms with E-state index in [0.717, 1.165) is 18.2 Å². The number of nitrogens with one attached hydrogen (secondary N) is 1. The fourth-order valence-electron chi connectivity index (χ4n) is 6.49. The van der Waals surface area contributed by atoms with Gasteiger partial charge in [0.05, 0.1) is 6.20 Å². The zero-order chi connectivity index (χ0) is 16.9. The molecule has 0 radical (unpaired) electrons. The number of hydrogen-bond acceptors (Lipinski definition) is 2. The van der Waals surface area contributed by atoms with Crippen molar-refractivity contribution in [3.63, 3.8) is 0 Å². The molecule has 24 heavy (non-hydrogen) atoms. The van der Waals surface area contributed by atoms with Crippen molar-refractivity contribution in [3.8, 4) is 5.82 Å². The van der Waals surface area contributed by atoms with E-state index in [9.17, 15) is 4.79 Å². The number of carbonyl (C=O) groups excluding carboxylic acids is 1. The minimum Gasteiger partial charge on any atom is -0.349 e. The summed E-state index contributed by atoms with van der Waals surface area (Å²) in [4.78, 5) is 13.0. The monoisotopic (exact) mass is 324 g/mol. The van der Waals surface area contributed by atoms with Crippen molar-refractivity contribution in [3.05, 3.63) is 36.3 Å². The highest BCUT2D eigenvalue weighted by Crippen LogP contribution is 2.94. The summed E-state index contributed by atoms with van der Waals surface area (Å²) in [6, 6.07) is 4.19. The van der Waals surface area contributed by atoms with Crippen LogP contribution in [0.1, 0.15) is 44.0 Å². The predicted molar refractivity (Wildman–Crippen MR) is 90.8 cm³/mol. The summed E-state index contributed by atoms with van der Waals surface area (Å²) in [7, 11) is 1.87. The number of hydrogen-bond donors (Lipinski definition) is 1. The molecule has 3 unspecified atom stereocenters. The lowest BCUT2D eigenvalue weighted by Gasteiger charge is -2.54. The summed E-state index contributed by atoms with van der Waals surface area (Å²) < 4.78 is 3.70. The average Bonchev–Trinajstić information content (AvgIpc) is 3.08. The molecule has 1 N–H and O–H groups in total. The van der Waals surface area contributed by atoms with Crippen LogP contribution in [0.4, 0.5) is 0 Å². The van der Waals surface area contributed by atoms with Crippen LogP contribution in [0.2, 0.25) is 0 Å². The average molecular weight is 324 g/mol. The summed E-state index contributed by atoms with van der Waals surface area (Å²) >= 11 is 0. The number of rotatable bonds is 3. The molecule has 0 aliphatic heterocycles. The maximum atomic E-state index is 13.0. The Balaban J connectivity index is 1.42. The number of carbonyl (C=O) groups is 1. The fourth-order valence-corrected chi connectivity index (χ4v) is 6.49. The lowest BCUT2D eigenvalue weighted by Crippen LogP contribution is -2.56. The van der Waals surface area contributed by atoms with Gasteiger partial charge < -0.3 is 9.88 Å². The van der Waals surface area contributed by atoms with E-state index >= 15 is 0 Å². The number of aromatic nitrogens is 3. The quantitative estimate of drug-likeness (QED) is 0.944. The third-order valence-corrected chi connectivity index (χ3v) is 8.04. The Kier molecular flexibility index (Phi) is 2.36. The largest absolute Gasteiger partial charge is 0.349 e. The van der Waals surface area contributed by atoms with Crippen LogP contribution in [0.3, 0.4) is 0 Å². The Labute approximate surface area is 142 Å². The van der Waals surface area contributed by atoms with Crippen molar-refractivity contribution in [1.82, 2.24) is 19.7 Å². The molecule has 0 aromatic carbocycles. The van der Waals surface area contributed by atoms with Gasteiger partial charge in [-0.2, -0.15) is 5.10 Å². The maximum Gasteiger partial charge on any atom is 0.256 e. The molecule has 0 saturated heterocycles. The van der Waals surface area contributed by atoms with Crippen LogP contribution < -0.4 is 5.32 Å². The van der Waals surface area contributed by atoms with Gasteiger partial charge in [0.2, 0.25) is 0 Å². The molecule has 5 atom stereocenters. The van der Waals surface area contributed by atoms with Gasteiger partial charge in [-0.1, -0.05) is 20.8 Å².